The first kappa shape index (κ1) is 15.3. The molecule has 0 amide bonds. The minimum absolute atomic E-state index is 0. The first-order valence-electron chi connectivity index (χ1n) is 5.61. The maximum Gasteiger partial charge on any atom is 0.118 e. The number of rotatable bonds is 6. The Morgan fingerprint density at radius 2 is 1.67 bits per heavy atom. The van der Waals surface area contributed by atoms with Crippen molar-refractivity contribution in [2.45, 2.75) is 45.4 Å². The van der Waals surface area contributed by atoms with Crippen LogP contribution in [0.5, 0.6) is 5.75 Å². The van der Waals surface area contributed by atoms with Crippen molar-refractivity contribution in [2.75, 3.05) is 0 Å². The number of unbranched alkanes of at least 4 members (excludes halogenated alkanes) is 4. The third kappa shape index (κ3) is 6.44. The third-order valence-electron chi connectivity index (χ3n) is 2.54. The molecule has 0 saturated carbocycles. The van der Waals surface area contributed by atoms with Crippen LogP contribution < -0.4 is 0 Å². The predicted octanol–water partition coefficient (Wildman–Crippen LogP) is 3.52. The second-order valence-electron chi connectivity index (χ2n) is 3.79. The Morgan fingerprint density at radius 3 is 2.33 bits per heavy atom. The normalized spacial score (nSPS) is 9.67. The first-order valence-corrected chi connectivity index (χ1v) is 5.61. The molecule has 0 saturated heterocycles. The molecule has 0 aliphatic carbocycles. The first-order chi connectivity index (χ1) is 6.84. The Labute approximate surface area is 123 Å². The van der Waals surface area contributed by atoms with Crippen LogP contribution in [-0.2, 0) is 6.42 Å². The SMILES string of the molecule is CCCCCCCc1ccccc1O.[Ca]. The van der Waals surface area contributed by atoms with Gasteiger partial charge in [0.05, 0.1) is 0 Å². The van der Waals surface area contributed by atoms with Crippen LogP contribution in [0.3, 0.4) is 0 Å². The van der Waals surface area contributed by atoms with Crippen molar-refractivity contribution in [3.8, 4) is 5.75 Å². The maximum absolute atomic E-state index is 9.51. The number of phenolic OH excluding ortho intramolecular Hbond substituents is 1. The maximum atomic E-state index is 9.51. The summed E-state index contributed by atoms with van der Waals surface area (Å²) in [6.45, 7) is 2.23. The Kier molecular flexibility index (Phi) is 9.68. The molecule has 1 N–H and O–H groups in total. The molecule has 1 aromatic rings. The number of aromatic hydroxyl groups is 1. The van der Waals surface area contributed by atoms with Crippen LogP contribution >= 0.6 is 0 Å². The summed E-state index contributed by atoms with van der Waals surface area (Å²) in [4.78, 5) is 0. The zero-order valence-electron chi connectivity index (χ0n) is 9.71. The average Bonchev–Trinajstić information content (AvgIpc) is 2.20. The van der Waals surface area contributed by atoms with Gasteiger partial charge in [-0.1, -0.05) is 50.8 Å². The van der Waals surface area contributed by atoms with E-state index in [4.69, 9.17) is 0 Å². The summed E-state index contributed by atoms with van der Waals surface area (Å²) >= 11 is 0. The number of hydrogen-bond acceptors (Lipinski definition) is 1. The van der Waals surface area contributed by atoms with Crippen LogP contribution in [-0.4, -0.2) is 42.8 Å². The molecule has 0 aromatic heterocycles. The monoisotopic (exact) mass is 232 g/mol. The van der Waals surface area contributed by atoms with E-state index in [0.29, 0.717) is 5.75 Å². The topological polar surface area (TPSA) is 20.2 Å². The van der Waals surface area contributed by atoms with Gasteiger partial charge in [0.25, 0.3) is 0 Å². The van der Waals surface area contributed by atoms with E-state index in [1.54, 1.807) is 6.07 Å². The molecule has 0 atom stereocenters. The van der Waals surface area contributed by atoms with Gasteiger partial charge in [-0.15, -0.1) is 0 Å². The number of aryl methyl sites for hydroxylation is 1. The summed E-state index contributed by atoms with van der Waals surface area (Å²) in [5.74, 6) is 0.447. The standard InChI is InChI=1S/C13H20O.Ca/c1-2-3-4-5-6-9-12-10-7-8-11-13(12)14;/h7-8,10-11,14H,2-6,9H2,1H3;. The number of benzene rings is 1. The molecule has 2 heteroatoms. The molecule has 15 heavy (non-hydrogen) atoms. The zero-order valence-corrected chi connectivity index (χ0v) is 11.9. The van der Waals surface area contributed by atoms with Gasteiger partial charge in [-0.25, -0.2) is 0 Å². The zero-order chi connectivity index (χ0) is 10.2. The second kappa shape index (κ2) is 9.50. The molecule has 2 radical (unpaired) electrons. The quantitative estimate of drug-likeness (QED) is 0.587. The van der Waals surface area contributed by atoms with E-state index in [2.05, 4.69) is 6.92 Å². The van der Waals surface area contributed by atoms with E-state index in [1.807, 2.05) is 18.2 Å². The van der Waals surface area contributed by atoms with Gasteiger partial charge in [0.1, 0.15) is 5.75 Å². The van der Waals surface area contributed by atoms with Gasteiger partial charge in [-0.2, -0.15) is 0 Å². The number of hydrogen-bond donors (Lipinski definition) is 1. The van der Waals surface area contributed by atoms with Gasteiger partial charge in [-0.05, 0) is 24.5 Å². The molecule has 1 rings (SSSR count). The van der Waals surface area contributed by atoms with Crippen LogP contribution in [0.25, 0.3) is 0 Å². The molecular weight excluding hydrogens is 212 g/mol. The molecular formula is C13H20CaO. The van der Waals surface area contributed by atoms with Crippen molar-refractivity contribution >= 4 is 37.7 Å². The van der Waals surface area contributed by atoms with Crippen LogP contribution in [0.15, 0.2) is 24.3 Å². The van der Waals surface area contributed by atoms with E-state index >= 15 is 0 Å². The Morgan fingerprint density at radius 1 is 1.00 bits per heavy atom. The van der Waals surface area contributed by atoms with Crippen molar-refractivity contribution in [1.82, 2.24) is 0 Å². The van der Waals surface area contributed by atoms with Crippen LogP contribution in [0, 0.1) is 0 Å². The summed E-state index contributed by atoms with van der Waals surface area (Å²) in [6.07, 6.45) is 7.43. The predicted molar refractivity (Wildman–Crippen MR) is 66.3 cm³/mol. The van der Waals surface area contributed by atoms with Crippen molar-refractivity contribution in [2.24, 2.45) is 0 Å². The molecule has 80 valence electrons. The molecule has 0 heterocycles. The molecule has 0 unspecified atom stereocenters. The third-order valence-corrected chi connectivity index (χ3v) is 2.54. The van der Waals surface area contributed by atoms with Crippen molar-refractivity contribution in [3.63, 3.8) is 0 Å². The minimum atomic E-state index is 0. The van der Waals surface area contributed by atoms with Crippen LogP contribution in [0.1, 0.15) is 44.6 Å². The van der Waals surface area contributed by atoms with E-state index in [9.17, 15) is 5.11 Å². The van der Waals surface area contributed by atoms with Gasteiger partial charge in [-0.3, -0.25) is 0 Å². The Hall–Kier alpha value is 0.280. The van der Waals surface area contributed by atoms with Gasteiger partial charge in [0.2, 0.25) is 0 Å². The van der Waals surface area contributed by atoms with Crippen LogP contribution in [0.2, 0.25) is 0 Å². The summed E-state index contributed by atoms with van der Waals surface area (Å²) < 4.78 is 0. The molecule has 0 aliphatic rings. The van der Waals surface area contributed by atoms with Crippen LogP contribution in [0.4, 0.5) is 0 Å². The smallest absolute Gasteiger partial charge is 0.118 e. The summed E-state index contributed by atoms with van der Waals surface area (Å²) in [5.41, 5.74) is 1.09. The molecule has 0 fully saturated rings. The van der Waals surface area contributed by atoms with Gasteiger partial charge in [0.15, 0.2) is 0 Å². The average molecular weight is 232 g/mol. The molecule has 0 bridgehead atoms. The Bertz CT molecular complexity index is 260. The second-order valence-corrected chi connectivity index (χ2v) is 3.79. The molecule has 0 aliphatic heterocycles. The number of para-hydroxylation sites is 1. The fraction of sp³-hybridized carbons (Fsp3) is 0.538. The molecule has 1 nitrogen and oxygen atoms in total. The largest absolute Gasteiger partial charge is 0.508 e. The van der Waals surface area contributed by atoms with Crippen molar-refractivity contribution in [3.05, 3.63) is 29.8 Å². The van der Waals surface area contributed by atoms with Crippen molar-refractivity contribution in [1.29, 1.82) is 0 Å². The van der Waals surface area contributed by atoms with Gasteiger partial charge < -0.3 is 5.11 Å². The van der Waals surface area contributed by atoms with E-state index in [1.165, 1.54) is 32.1 Å². The van der Waals surface area contributed by atoms with E-state index in [0.717, 1.165) is 12.0 Å². The minimum Gasteiger partial charge on any atom is -0.508 e. The molecule has 0 spiro atoms. The summed E-state index contributed by atoms with van der Waals surface area (Å²) in [6, 6.07) is 7.63. The number of phenols is 1. The van der Waals surface area contributed by atoms with E-state index < -0.39 is 0 Å². The fourth-order valence-electron chi connectivity index (χ4n) is 1.64. The Balaban J connectivity index is 0.00000196. The summed E-state index contributed by atoms with van der Waals surface area (Å²) in [5, 5.41) is 9.51. The fourth-order valence-corrected chi connectivity index (χ4v) is 1.64. The van der Waals surface area contributed by atoms with Gasteiger partial charge in [0, 0.05) is 37.7 Å². The summed E-state index contributed by atoms with van der Waals surface area (Å²) in [7, 11) is 0. The van der Waals surface area contributed by atoms with Crippen molar-refractivity contribution < 1.29 is 5.11 Å². The van der Waals surface area contributed by atoms with E-state index in [-0.39, 0.29) is 37.7 Å². The van der Waals surface area contributed by atoms with Gasteiger partial charge >= 0.3 is 0 Å². The molecule has 1 aromatic carbocycles.